The number of hydrogen-bond acceptors (Lipinski definition) is 4. The summed E-state index contributed by atoms with van der Waals surface area (Å²) in [5.74, 6) is -0.0335. The summed E-state index contributed by atoms with van der Waals surface area (Å²) in [7, 11) is 0. The van der Waals surface area contributed by atoms with E-state index in [9.17, 15) is 23.1 Å². The number of rotatable bonds is 4. The molecule has 2 aromatic carbocycles. The molecule has 1 aliphatic heterocycles. The predicted molar refractivity (Wildman–Crippen MR) is 111 cm³/mol. The number of furan rings is 1. The number of nitrogens with zero attached hydrogens (tertiary/aromatic N) is 1. The van der Waals surface area contributed by atoms with E-state index in [-0.39, 0.29) is 17.0 Å². The van der Waals surface area contributed by atoms with Crippen LogP contribution in [0.4, 0.5) is 18.9 Å². The molecule has 1 amide bonds. The van der Waals surface area contributed by atoms with Crippen LogP contribution < -0.4 is 5.32 Å². The van der Waals surface area contributed by atoms with Gasteiger partial charge in [-0.15, -0.1) is 0 Å². The minimum Gasteiger partial charge on any atom is -0.508 e. The zero-order chi connectivity index (χ0) is 22.2. The highest BCUT2D eigenvalue weighted by Crippen LogP contribution is 2.36. The normalized spacial score (nSPS) is 15.4. The fourth-order valence-electron chi connectivity index (χ4n) is 4.08. The van der Waals surface area contributed by atoms with Crippen molar-refractivity contribution in [1.29, 1.82) is 0 Å². The Balaban J connectivity index is 1.67. The van der Waals surface area contributed by atoms with Crippen molar-refractivity contribution in [3.05, 3.63) is 58.8 Å². The van der Waals surface area contributed by atoms with Gasteiger partial charge in [-0.25, -0.2) is 0 Å². The van der Waals surface area contributed by atoms with Crippen molar-refractivity contribution in [2.24, 2.45) is 0 Å². The number of phenols is 1. The highest BCUT2D eigenvalue weighted by atomic mass is 19.4. The Bertz CT molecular complexity index is 1100. The van der Waals surface area contributed by atoms with Crippen LogP contribution in [-0.4, -0.2) is 29.0 Å². The summed E-state index contributed by atoms with van der Waals surface area (Å²) >= 11 is 0. The lowest BCUT2D eigenvalue weighted by molar-refractivity contribution is -0.137. The first-order valence-corrected chi connectivity index (χ1v) is 10.2. The molecule has 1 saturated heterocycles. The van der Waals surface area contributed by atoms with Crippen molar-refractivity contribution in [2.75, 3.05) is 18.4 Å². The first-order chi connectivity index (χ1) is 14.7. The average Bonchev–Trinajstić information content (AvgIpc) is 3.07. The number of aryl methyl sites for hydroxylation is 1. The Kier molecular flexibility index (Phi) is 5.66. The van der Waals surface area contributed by atoms with Gasteiger partial charge in [0.1, 0.15) is 17.1 Å². The first kappa shape index (κ1) is 21.2. The van der Waals surface area contributed by atoms with E-state index in [1.165, 1.54) is 18.6 Å². The van der Waals surface area contributed by atoms with E-state index in [1.807, 2.05) is 0 Å². The van der Waals surface area contributed by atoms with Crippen LogP contribution in [0.15, 0.2) is 40.8 Å². The van der Waals surface area contributed by atoms with Crippen LogP contribution >= 0.6 is 0 Å². The smallest absolute Gasteiger partial charge is 0.416 e. The molecule has 0 radical (unpaired) electrons. The average molecular weight is 432 g/mol. The van der Waals surface area contributed by atoms with Gasteiger partial charge in [-0.1, -0.05) is 6.42 Å². The van der Waals surface area contributed by atoms with Crippen LogP contribution in [0, 0.1) is 6.92 Å². The number of phenolic OH excluding ortho intramolecular Hbond substituents is 1. The molecule has 0 aliphatic carbocycles. The molecule has 164 valence electrons. The molecule has 2 heterocycles. The van der Waals surface area contributed by atoms with Gasteiger partial charge in [-0.3, -0.25) is 9.69 Å². The van der Waals surface area contributed by atoms with Crippen LogP contribution in [0.2, 0.25) is 0 Å². The number of fused-ring (bicyclic) bond motifs is 1. The fraction of sp³-hybridized carbons (Fsp3) is 0.348. The summed E-state index contributed by atoms with van der Waals surface area (Å²) in [5.41, 5.74) is 0.833. The number of alkyl halides is 3. The zero-order valence-corrected chi connectivity index (χ0v) is 17.1. The number of carbonyl (C=O) groups is 1. The van der Waals surface area contributed by atoms with Crippen LogP contribution in [0.5, 0.6) is 5.75 Å². The number of hydrogen-bond donors (Lipinski definition) is 2. The highest BCUT2D eigenvalue weighted by Gasteiger charge is 2.30. The second-order valence-corrected chi connectivity index (χ2v) is 7.84. The number of aromatic hydroxyl groups is 1. The van der Waals surface area contributed by atoms with Crippen molar-refractivity contribution in [1.82, 2.24) is 4.90 Å². The Morgan fingerprint density at radius 2 is 1.77 bits per heavy atom. The van der Waals surface area contributed by atoms with Crippen molar-refractivity contribution in [3.63, 3.8) is 0 Å². The van der Waals surface area contributed by atoms with Gasteiger partial charge in [0.2, 0.25) is 0 Å². The number of nitrogens with one attached hydrogen (secondary N) is 1. The Labute approximate surface area is 177 Å². The van der Waals surface area contributed by atoms with E-state index in [1.54, 1.807) is 19.1 Å². The van der Waals surface area contributed by atoms with Crippen LogP contribution in [0.25, 0.3) is 11.0 Å². The standard InChI is InChI=1S/C23H23F3N2O3/c1-14-20(22(30)27-16-7-5-15(6-8-16)23(24,25)26)21-17(13-28-11-3-2-4-12-28)18(29)9-10-19(21)31-14/h5-10,29H,2-4,11-13H2,1H3,(H,27,30). The topological polar surface area (TPSA) is 65.7 Å². The molecule has 31 heavy (non-hydrogen) atoms. The second-order valence-electron chi connectivity index (χ2n) is 7.84. The molecule has 1 aromatic heterocycles. The molecular weight excluding hydrogens is 409 g/mol. The molecule has 0 unspecified atom stereocenters. The van der Waals surface area contributed by atoms with Crippen LogP contribution in [-0.2, 0) is 12.7 Å². The lowest BCUT2D eigenvalue weighted by atomic mass is 10.0. The summed E-state index contributed by atoms with van der Waals surface area (Å²) < 4.78 is 44.1. The van der Waals surface area contributed by atoms with Crippen molar-refractivity contribution in [3.8, 4) is 5.75 Å². The van der Waals surface area contributed by atoms with E-state index in [0.717, 1.165) is 38.1 Å². The fourth-order valence-corrected chi connectivity index (χ4v) is 4.08. The van der Waals surface area contributed by atoms with Gasteiger partial charge in [0.15, 0.2) is 0 Å². The maximum atomic E-state index is 13.1. The molecule has 5 nitrogen and oxygen atoms in total. The van der Waals surface area contributed by atoms with E-state index in [4.69, 9.17) is 4.42 Å². The molecule has 3 aromatic rings. The lowest BCUT2D eigenvalue weighted by Gasteiger charge is -2.27. The Morgan fingerprint density at radius 3 is 2.42 bits per heavy atom. The van der Waals surface area contributed by atoms with Crippen molar-refractivity contribution in [2.45, 2.75) is 38.9 Å². The number of amides is 1. The lowest BCUT2D eigenvalue weighted by Crippen LogP contribution is -2.29. The van der Waals surface area contributed by atoms with E-state index in [0.29, 0.717) is 28.8 Å². The van der Waals surface area contributed by atoms with Gasteiger partial charge < -0.3 is 14.8 Å². The van der Waals surface area contributed by atoms with Crippen molar-refractivity contribution < 1.29 is 27.5 Å². The molecule has 0 bridgehead atoms. The summed E-state index contributed by atoms with van der Waals surface area (Å²) in [6.45, 7) is 3.98. The van der Waals surface area contributed by atoms with Gasteiger partial charge in [0, 0.05) is 23.2 Å². The van der Waals surface area contributed by atoms with Gasteiger partial charge in [0.05, 0.1) is 11.1 Å². The summed E-state index contributed by atoms with van der Waals surface area (Å²) in [5, 5.41) is 13.7. The number of piperidine rings is 1. The van der Waals surface area contributed by atoms with E-state index >= 15 is 0 Å². The molecule has 1 fully saturated rings. The Morgan fingerprint density at radius 1 is 1.10 bits per heavy atom. The van der Waals surface area contributed by atoms with Crippen molar-refractivity contribution >= 4 is 22.6 Å². The van der Waals surface area contributed by atoms with Crippen LogP contribution in [0.1, 0.15) is 46.5 Å². The van der Waals surface area contributed by atoms with Crippen LogP contribution in [0.3, 0.4) is 0 Å². The molecular formula is C23H23F3N2O3. The molecule has 0 spiro atoms. The van der Waals surface area contributed by atoms with Gasteiger partial charge in [-0.2, -0.15) is 13.2 Å². The first-order valence-electron chi connectivity index (χ1n) is 10.2. The molecule has 1 aliphatic rings. The quantitative estimate of drug-likeness (QED) is 0.555. The van der Waals surface area contributed by atoms with Gasteiger partial charge >= 0.3 is 6.18 Å². The summed E-state index contributed by atoms with van der Waals surface area (Å²) in [6.07, 6.45) is -1.09. The third-order valence-corrected chi connectivity index (χ3v) is 5.64. The molecule has 8 heteroatoms. The number of benzene rings is 2. The number of halogens is 3. The number of likely N-dealkylation sites (tertiary alicyclic amines) is 1. The SMILES string of the molecule is Cc1oc2ccc(O)c(CN3CCCCC3)c2c1C(=O)Nc1ccc(C(F)(F)F)cc1. The van der Waals surface area contributed by atoms with E-state index < -0.39 is 17.6 Å². The predicted octanol–water partition coefficient (Wildman–Crippen LogP) is 5.70. The third-order valence-electron chi connectivity index (χ3n) is 5.64. The maximum Gasteiger partial charge on any atom is 0.416 e. The van der Waals surface area contributed by atoms with Gasteiger partial charge in [0.25, 0.3) is 5.91 Å². The van der Waals surface area contributed by atoms with Gasteiger partial charge in [-0.05, 0) is 69.3 Å². The number of carbonyl (C=O) groups excluding carboxylic acids is 1. The molecule has 0 saturated carbocycles. The Hall–Kier alpha value is -3.00. The molecule has 4 rings (SSSR count). The monoisotopic (exact) mass is 432 g/mol. The number of anilines is 1. The third kappa shape index (κ3) is 4.39. The highest BCUT2D eigenvalue weighted by molar-refractivity contribution is 6.14. The zero-order valence-electron chi connectivity index (χ0n) is 17.1. The maximum absolute atomic E-state index is 13.1. The van der Waals surface area contributed by atoms with E-state index in [2.05, 4.69) is 10.2 Å². The summed E-state index contributed by atoms with van der Waals surface area (Å²) in [6, 6.07) is 7.44. The largest absolute Gasteiger partial charge is 0.508 e. The minimum atomic E-state index is -4.44. The molecule has 0 atom stereocenters. The minimum absolute atomic E-state index is 0.0856. The summed E-state index contributed by atoms with van der Waals surface area (Å²) in [4.78, 5) is 15.3. The second kappa shape index (κ2) is 8.26. The molecule has 2 N–H and O–H groups in total.